The van der Waals surface area contributed by atoms with Crippen LogP contribution in [0.2, 0.25) is 0 Å². The molecule has 6 nitrogen and oxygen atoms in total. The second-order valence-corrected chi connectivity index (χ2v) is 10.6. The molecular formula is C15H15BrN4O2S3. The summed E-state index contributed by atoms with van der Waals surface area (Å²) in [4.78, 5) is 5.10. The lowest BCUT2D eigenvalue weighted by molar-refractivity contribution is 0.595. The number of aromatic nitrogens is 2. The summed E-state index contributed by atoms with van der Waals surface area (Å²) < 4.78 is 29.5. The van der Waals surface area contributed by atoms with Crippen LogP contribution in [0.3, 0.4) is 0 Å². The van der Waals surface area contributed by atoms with Crippen LogP contribution in [-0.2, 0) is 16.9 Å². The highest BCUT2D eigenvalue weighted by Crippen LogP contribution is 2.39. The quantitative estimate of drug-likeness (QED) is 0.345. The molecule has 0 aliphatic heterocycles. The molecule has 0 radical (unpaired) electrons. The lowest BCUT2D eigenvalue weighted by Crippen LogP contribution is -2.09. The Morgan fingerprint density at radius 3 is 2.80 bits per heavy atom. The van der Waals surface area contributed by atoms with Crippen molar-refractivity contribution in [3.63, 3.8) is 0 Å². The number of thiophene rings is 1. The molecule has 0 unspecified atom stereocenters. The maximum absolute atomic E-state index is 13.2. The lowest BCUT2D eigenvalue weighted by atomic mass is 10.3. The van der Waals surface area contributed by atoms with E-state index in [0.29, 0.717) is 19.1 Å². The highest BCUT2D eigenvalue weighted by atomic mass is 79.9. The Hall–Kier alpha value is -1.36. The Morgan fingerprint density at radius 1 is 1.44 bits per heavy atom. The Bertz CT molecular complexity index is 1090. The van der Waals surface area contributed by atoms with Crippen molar-refractivity contribution in [1.29, 1.82) is 5.41 Å². The van der Waals surface area contributed by atoms with Gasteiger partial charge in [0.25, 0.3) is 0 Å². The standard InChI is InChI=1S/C15H15BrN4O2S3/c1-3-23-15-12(6-11(24-15)14(17)18)25(21,22)8-4-9(16)13-10(5-8)20(2)7-19-13/h4-7H,3H2,1-2H3,(H3,17,18). The molecule has 0 atom stereocenters. The van der Waals surface area contributed by atoms with E-state index in [9.17, 15) is 8.42 Å². The summed E-state index contributed by atoms with van der Waals surface area (Å²) in [7, 11) is -1.93. The molecule has 3 aromatic rings. The van der Waals surface area contributed by atoms with Crippen molar-refractivity contribution in [2.75, 3.05) is 5.75 Å². The van der Waals surface area contributed by atoms with Gasteiger partial charge in [0, 0.05) is 11.5 Å². The van der Waals surface area contributed by atoms with Crippen LogP contribution in [-0.4, -0.2) is 29.6 Å². The summed E-state index contributed by atoms with van der Waals surface area (Å²) in [6, 6.07) is 4.67. The van der Waals surface area contributed by atoms with Crippen molar-refractivity contribution in [2.45, 2.75) is 20.9 Å². The molecule has 0 fully saturated rings. The number of amidine groups is 1. The number of nitrogens with two attached hydrogens (primary N) is 1. The van der Waals surface area contributed by atoms with Crippen molar-refractivity contribution in [2.24, 2.45) is 12.8 Å². The van der Waals surface area contributed by atoms with Crippen LogP contribution >= 0.6 is 39.0 Å². The van der Waals surface area contributed by atoms with Gasteiger partial charge < -0.3 is 10.3 Å². The normalized spacial score (nSPS) is 12.0. The molecule has 0 saturated carbocycles. The van der Waals surface area contributed by atoms with Crippen LogP contribution in [0.5, 0.6) is 0 Å². The minimum atomic E-state index is -3.75. The van der Waals surface area contributed by atoms with E-state index in [4.69, 9.17) is 11.1 Å². The molecule has 0 aliphatic rings. The molecule has 0 spiro atoms. The molecule has 10 heteroatoms. The minimum Gasteiger partial charge on any atom is -0.383 e. The molecule has 0 amide bonds. The summed E-state index contributed by atoms with van der Waals surface area (Å²) in [6.07, 6.45) is 1.64. The zero-order valence-electron chi connectivity index (χ0n) is 13.4. The van der Waals surface area contributed by atoms with Crippen molar-refractivity contribution >= 4 is 65.7 Å². The second-order valence-electron chi connectivity index (χ2n) is 5.24. The van der Waals surface area contributed by atoms with Crippen LogP contribution in [0.15, 0.2) is 43.0 Å². The number of nitrogens with one attached hydrogen (secondary N) is 1. The fourth-order valence-electron chi connectivity index (χ4n) is 2.36. The van der Waals surface area contributed by atoms with Gasteiger partial charge in [0.1, 0.15) is 11.4 Å². The third-order valence-electron chi connectivity index (χ3n) is 3.56. The van der Waals surface area contributed by atoms with E-state index in [2.05, 4.69) is 20.9 Å². The molecule has 132 valence electrons. The topological polar surface area (TPSA) is 102 Å². The molecule has 2 aromatic heterocycles. The van der Waals surface area contributed by atoms with Gasteiger partial charge in [0.15, 0.2) is 0 Å². The Labute approximate surface area is 162 Å². The number of benzene rings is 1. The summed E-state index contributed by atoms with van der Waals surface area (Å²) in [5, 5.41) is 7.60. The van der Waals surface area contributed by atoms with Gasteiger partial charge in [0.05, 0.1) is 30.7 Å². The number of rotatable bonds is 5. The molecule has 3 N–H and O–H groups in total. The Morgan fingerprint density at radius 2 is 2.16 bits per heavy atom. The molecule has 1 aromatic carbocycles. The maximum atomic E-state index is 13.2. The van der Waals surface area contributed by atoms with Gasteiger partial charge in [0.2, 0.25) is 9.84 Å². The molecule has 2 heterocycles. The van der Waals surface area contributed by atoms with Crippen LogP contribution in [0.25, 0.3) is 11.0 Å². The zero-order valence-corrected chi connectivity index (χ0v) is 17.4. The molecule has 0 saturated heterocycles. The summed E-state index contributed by atoms with van der Waals surface area (Å²) in [5.41, 5.74) is 6.98. The number of imidazole rings is 1. The predicted molar refractivity (Wildman–Crippen MR) is 106 cm³/mol. The first-order valence-corrected chi connectivity index (χ1v) is 11.3. The molecular weight excluding hydrogens is 444 g/mol. The highest BCUT2D eigenvalue weighted by molar-refractivity contribution is 9.10. The number of aryl methyl sites for hydroxylation is 1. The van der Waals surface area contributed by atoms with E-state index in [1.807, 2.05) is 14.0 Å². The average molecular weight is 459 g/mol. The minimum absolute atomic E-state index is 0.132. The van der Waals surface area contributed by atoms with Crippen LogP contribution in [0.1, 0.15) is 11.8 Å². The summed E-state index contributed by atoms with van der Waals surface area (Å²) >= 11 is 6.07. The first kappa shape index (κ1) is 18.4. The van der Waals surface area contributed by atoms with Crippen LogP contribution in [0, 0.1) is 5.41 Å². The van der Waals surface area contributed by atoms with Crippen LogP contribution in [0.4, 0.5) is 0 Å². The fourth-order valence-corrected chi connectivity index (χ4v) is 7.35. The van der Waals surface area contributed by atoms with E-state index < -0.39 is 9.84 Å². The third-order valence-corrected chi connectivity index (χ3v) is 8.52. The average Bonchev–Trinajstić information content (AvgIpc) is 3.13. The van der Waals surface area contributed by atoms with Gasteiger partial charge in [-0.05, 0) is 39.9 Å². The van der Waals surface area contributed by atoms with Gasteiger partial charge in [-0.2, -0.15) is 0 Å². The predicted octanol–water partition coefficient (Wildman–Crippen LogP) is 3.63. The summed E-state index contributed by atoms with van der Waals surface area (Å²) in [5.74, 6) is 0.595. The van der Waals surface area contributed by atoms with Gasteiger partial charge >= 0.3 is 0 Å². The van der Waals surface area contributed by atoms with Crippen molar-refractivity contribution in [3.05, 3.63) is 33.9 Å². The van der Waals surface area contributed by atoms with Crippen molar-refractivity contribution in [1.82, 2.24) is 9.55 Å². The monoisotopic (exact) mass is 458 g/mol. The number of thioether (sulfide) groups is 1. The van der Waals surface area contributed by atoms with E-state index in [1.165, 1.54) is 29.2 Å². The van der Waals surface area contributed by atoms with Gasteiger partial charge in [-0.1, -0.05) is 6.92 Å². The zero-order chi connectivity index (χ0) is 18.4. The van der Waals surface area contributed by atoms with E-state index in [0.717, 1.165) is 11.3 Å². The SMILES string of the molecule is CCSc1sc(C(=N)N)cc1S(=O)(=O)c1cc(Br)c2ncn(C)c2c1. The molecule has 25 heavy (non-hydrogen) atoms. The lowest BCUT2D eigenvalue weighted by Gasteiger charge is -2.07. The van der Waals surface area contributed by atoms with E-state index in [1.54, 1.807) is 23.0 Å². The van der Waals surface area contributed by atoms with Crippen molar-refractivity contribution in [3.8, 4) is 0 Å². The Kier molecular flexibility index (Phi) is 4.97. The first-order chi connectivity index (χ1) is 11.8. The largest absolute Gasteiger partial charge is 0.383 e. The van der Waals surface area contributed by atoms with Crippen LogP contribution < -0.4 is 5.73 Å². The number of fused-ring (bicyclic) bond motifs is 1. The number of hydrogen-bond acceptors (Lipinski definition) is 6. The fraction of sp³-hybridized carbons (Fsp3) is 0.200. The smallest absolute Gasteiger partial charge is 0.208 e. The summed E-state index contributed by atoms with van der Waals surface area (Å²) in [6.45, 7) is 1.95. The number of nitrogens with zero attached hydrogens (tertiary/aromatic N) is 2. The third kappa shape index (κ3) is 3.23. The Balaban J connectivity index is 2.23. The first-order valence-electron chi connectivity index (χ1n) is 7.22. The van der Waals surface area contributed by atoms with E-state index in [-0.39, 0.29) is 15.6 Å². The number of hydrogen-bond donors (Lipinski definition) is 2. The molecule has 0 aliphatic carbocycles. The molecule has 3 rings (SSSR count). The van der Waals surface area contributed by atoms with Gasteiger partial charge in [-0.25, -0.2) is 13.4 Å². The second kappa shape index (κ2) is 6.75. The maximum Gasteiger partial charge on any atom is 0.208 e. The highest BCUT2D eigenvalue weighted by Gasteiger charge is 2.26. The van der Waals surface area contributed by atoms with Gasteiger partial charge in [-0.3, -0.25) is 5.41 Å². The van der Waals surface area contributed by atoms with Gasteiger partial charge in [-0.15, -0.1) is 23.1 Å². The van der Waals surface area contributed by atoms with Crippen molar-refractivity contribution < 1.29 is 8.42 Å². The number of nitrogen functional groups attached to an aromatic ring is 1. The molecule has 0 bridgehead atoms. The number of sulfone groups is 1. The van der Waals surface area contributed by atoms with E-state index >= 15 is 0 Å². The number of halogens is 1.